The van der Waals surface area contributed by atoms with Gasteiger partial charge >= 0.3 is 11.9 Å². The van der Waals surface area contributed by atoms with Crippen LogP contribution >= 0.6 is 0 Å². The van der Waals surface area contributed by atoms with E-state index in [0.717, 1.165) is 32.1 Å². The molecule has 1 fully saturated rings. The van der Waals surface area contributed by atoms with Crippen molar-refractivity contribution in [1.29, 1.82) is 0 Å². The van der Waals surface area contributed by atoms with E-state index in [4.69, 9.17) is 0 Å². The van der Waals surface area contributed by atoms with Crippen LogP contribution in [0.3, 0.4) is 0 Å². The van der Waals surface area contributed by atoms with Gasteiger partial charge in [-0.25, -0.2) is 0 Å². The molecule has 1 saturated carbocycles. The van der Waals surface area contributed by atoms with E-state index in [1.54, 1.807) is 0 Å². The van der Waals surface area contributed by atoms with E-state index in [0.29, 0.717) is 11.8 Å². The van der Waals surface area contributed by atoms with Gasteiger partial charge in [-0.1, -0.05) is 77.4 Å². The highest BCUT2D eigenvalue weighted by Gasteiger charge is 2.57. The zero-order chi connectivity index (χ0) is 20.1. The van der Waals surface area contributed by atoms with Crippen LogP contribution in [0.4, 0.5) is 0 Å². The van der Waals surface area contributed by atoms with Crippen molar-refractivity contribution in [1.82, 2.24) is 0 Å². The Labute approximate surface area is 164 Å². The Hall–Kier alpha value is -1.32. The van der Waals surface area contributed by atoms with Crippen molar-refractivity contribution in [3.8, 4) is 0 Å². The highest BCUT2D eigenvalue weighted by molar-refractivity contribution is 5.83. The normalized spacial score (nSPS) is 29.2. The Bertz CT molecular complexity index is 517. The Morgan fingerprint density at radius 3 is 1.52 bits per heavy atom. The van der Waals surface area contributed by atoms with Gasteiger partial charge in [0.2, 0.25) is 0 Å². The van der Waals surface area contributed by atoms with Crippen LogP contribution in [0.1, 0.15) is 85.5 Å². The lowest BCUT2D eigenvalue weighted by Gasteiger charge is -2.32. The third kappa shape index (κ3) is 4.94. The zero-order valence-electron chi connectivity index (χ0n) is 17.5. The van der Waals surface area contributed by atoms with E-state index in [1.165, 1.54) is 36.8 Å². The summed E-state index contributed by atoms with van der Waals surface area (Å²) in [6, 6.07) is 0. The first kappa shape index (κ1) is 22.0. The minimum atomic E-state index is -0.924. The molecule has 27 heavy (non-hydrogen) atoms. The number of rotatable bonds is 12. The van der Waals surface area contributed by atoms with E-state index < -0.39 is 23.8 Å². The Morgan fingerprint density at radius 2 is 1.22 bits per heavy atom. The van der Waals surface area contributed by atoms with Crippen molar-refractivity contribution >= 4 is 11.9 Å². The van der Waals surface area contributed by atoms with Crippen molar-refractivity contribution in [3.63, 3.8) is 0 Å². The molecule has 0 heterocycles. The van der Waals surface area contributed by atoms with Gasteiger partial charge in [0.05, 0.1) is 11.8 Å². The Morgan fingerprint density at radius 1 is 0.852 bits per heavy atom. The Kier molecular flexibility index (Phi) is 7.93. The topological polar surface area (TPSA) is 74.6 Å². The summed E-state index contributed by atoms with van der Waals surface area (Å²) in [6.07, 6.45) is 9.71. The predicted molar refractivity (Wildman–Crippen MR) is 107 cm³/mol. The van der Waals surface area contributed by atoms with Crippen LogP contribution < -0.4 is 0 Å². The van der Waals surface area contributed by atoms with Gasteiger partial charge in [0, 0.05) is 0 Å². The molecular formula is C23H38O4. The second kappa shape index (κ2) is 9.75. The maximum atomic E-state index is 11.9. The lowest BCUT2D eigenvalue weighted by Crippen LogP contribution is -2.36. The van der Waals surface area contributed by atoms with Crippen molar-refractivity contribution in [2.45, 2.75) is 85.5 Å². The molecule has 2 rings (SSSR count). The lowest BCUT2D eigenvalue weighted by atomic mass is 9.71. The van der Waals surface area contributed by atoms with Gasteiger partial charge in [-0.3, -0.25) is 9.59 Å². The molecule has 4 nitrogen and oxygen atoms in total. The fourth-order valence-corrected chi connectivity index (χ4v) is 5.54. The van der Waals surface area contributed by atoms with Crippen LogP contribution in [0.5, 0.6) is 0 Å². The fourth-order valence-electron chi connectivity index (χ4n) is 5.54. The standard InChI is InChI=1S/C23H38O4/c1-5-7-9-14(3)11-16-17(12-15(4)10-8-6-2)19-13-18(16)20(22(24)25)21(19)23(26)27/h14-15,18-21H,5-13H2,1-4H3,(H,24,25)(H,26,27). The molecule has 6 unspecified atom stereocenters. The molecule has 0 aromatic rings. The SMILES string of the molecule is CCCCC(C)CC1=C(CC(C)CCCC)C2CC1C(C(=O)O)C2C(=O)O. The van der Waals surface area contributed by atoms with Crippen LogP contribution in [0, 0.1) is 35.5 Å². The molecule has 2 aliphatic rings. The lowest BCUT2D eigenvalue weighted by molar-refractivity contribution is -0.154. The second-order valence-electron chi connectivity index (χ2n) is 9.13. The molecule has 2 bridgehead atoms. The average molecular weight is 379 g/mol. The molecule has 0 aromatic carbocycles. The minimum absolute atomic E-state index is 0.0638. The molecular weight excluding hydrogens is 340 g/mol. The van der Waals surface area contributed by atoms with E-state index >= 15 is 0 Å². The van der Waals surface area contributed by atoms with Crippen molar-refractivity contribution in [2.75, 3.05) is 0 Å². The summed E-state index contributed by atoms with van der Waals surface area (Å²) in [5, 5.41) is 19.5. The first-order valence-corrected chi connectivity index (χ1v) is 11.0. The molecule has 0 aromatic heterocycles. The maximum Gasteiger partial charge on any atom is 0.308 e. The summed E-state index contributed by atoms with van der Waals surface area (Å²) in [5.74, 6) is -2.38. The van der Waals surface area contributed by atoms with Gasteiger partial charge in [0.1, 0.15) is 0 Å². The van der Waals surface area contributed by atoms with Gasteiger partial charge in [-0.05, 0) is 42.9 Å². The van der Waals surface area contributed by atoms with Crippen LogP contribution in [0.25, 0.3) is 0 Å². The minimum Gasteiger partial charge on any atom is -0.481 e. The summed E-state index contributed by atoms with van der Waals surface area (Å²) in [7, 11) is 0. The summed E-state index contributed by atoms with van der Waals surface area (Å²) < 4.78 is 0. The number of hydrogen-bond acceptors (Lipinski definition) is 2. The predicted octanol–water partition coefficient (Wildman–Crippen LogP) is 5.77. The number of carbonyl (C=O) groups is 2. The summed E-state index contributed by atoms with van der Waals surface area (Å²) in [4.78, 5) is 23.8. The number of hydrogen-bond donors (Lipinski definition) is 2. The highest BCUT2D eigenvalue weighted by Crippen LogP contribution is 2.58. The zero-order valence-corrected chi connectivity index (χ0v) is 17.5. The quantitative estimate of drug-likeness (QED) is 0.423. The first-order chi connectivity index (χ1) is 12.8. The third-order valence-electron chi connectivity index (χ3n) is 6.88. The smallest absolute Gasteiger partial charge is 0.308 e. The number of carboxylic acids is 2. The average Bonchev–Trinajstić information content (AvgIpc) is 3.15. The van der Waals surface area contributed by atoms with Crippen LogP contribution in [0.15, 0.2) is 11.1 Å². The van der Waals surface area contributed by atoms with E-state index in [9.17, 15) is 19.8 Å². The van der Waals surface area contributed by atoms with E-state index in [1.807, 2.05) is 0 Å². The molecule has 6 atom stereocenters. The van der Waals surface area contributed by atoms with Crippen molar-refractivity contribution < 1.29 is 19.8 Å². The number of carboxylic acid groups (broad SMARTS) is 2. The van der Waals surface area contributed by atoms with E-state index in [2.05, 4.69) is 27.7 Å². The Balaban J connectivity index is 2.29. The molecule has 154 valence electrons. The van der Waals surface area contributed by atoms with Gasteiger partial charge in [-0.2, -0.15) is 0 Å². The first-order valence-electron chi connectivity index (χ1n) is 11.0. The molecule has 0 saturated heterocycles. The molecule has 0 aliphatic heterocycles. The molecule has 2 aliphatic carbocycles. The number of allylic oxidation sites excluding steroid dienone is 2. The number of unbranched alkanes of at least 4 members (excludes halogenated alkanes) is 2. The maximum absolute atomic E-state index is 11.9. The van der Waals surface area contributed by atoms with Gasteiger partial charge in [0.25, 0.3) is 0 Å². The molecule has 0 radical (unpaired) electrons. The van der Waals surface area contributed by atoms with Crippen LogP contribution in [0.2, 0.25) is 0 Å². The van der Waals surface area contributed by atoms with Crippen molar-refractivity contribution in [3.05, 3.63) is 11.1 Å². The highest BCUT2D eigenvalue weighted by atomic mass is 16.4. The van der Waals surface area contributed by atoms with Gasteiger partial charge in [-0.15, -0.1) is 0 Å². The molecule has 0 spiro atoms. The van der Waals surface area contributed by atoms with E-state index in [-0.39, 0.29) is 11.8 Å². The third-order valence-corrected chi connectivity index (χ3v) is 6.88. The molecule has 4 heteroatoms. The number of fused-ring (bicyclic) bond motifs is 2. The van der Waals surface area contributed by atoms with Crippen LogP contribution in [-0.2, 0) is 9.59 Å². The largest absolute Gasteiger partial charge is 0.481 e. The second-order valence-corrected chi connectivity index (χ2v) is 9.13. The molecule has 2 N–H and O–H groups in total. The van der Waals surface area contributed by atoms with Crippen LogP contribution in [-0.4, -0.2) is 22.2 Å². The summed E-state index contributed by atoms with van der Waals surface area (Å²) in [5.41, 5.74) is 2.63. The molecule has 0 amide bonds. The van der Waals surface area contributed by atoms with Gasteiger partial charge < -0.3 is 10.2 Å². The van der Waals surface area contributed by atoms with Crippen molar-refractivity contribution in [2.24, 2.45) is 35.5 Å². The summed E-state index contributed by atoms with van der Waals surface area (Å²) >= 11 is 0. The monoisotopic (exact) mass is 378 g/mol. The number of aliphatic carboxylic acids is 2. The van der Waals surface area contributed by atoms with Gasteiger partial charge in [0.15, 0.2) is 0 Å². The fraction of sp³-hybridized carbons (Fsp3) is 0.826. The summed E-state index contributed by atoms with van der Waals surface area (Å²) in [6.45, 7) is 8.92.